The van der Waals surface area contributed by atoms with Gasteiger partial charge in [-0.25, -0.2) is 4.79 Å². The van der Waals surface area contributed by atoms with Gasteiger partial charge in [0.15, 0.2) is 0 Å². The number of likely N-dealkylation sites (tertiary alicyclic amines) is 1. The first kappa shape index (κ1) is 20.3. The number of anilines is 2. The zero-order valence-corrected chi connectivity index (χ0v) is 16.3. The lowest BCUT2D eigenvalue weighted by molar-refractivity contribution is -0.274. The number of amides is 2. The highest BCUT2D eigenvalue weighted by atomic mass is 19.4. The smallest absolute Gasteiger partial charge is 0.406 e. The number of ether oxygens (including phenoxy) is 1. The van der Waals surface area contributed by atoms with Crippen molar-refractivity contribution in [3.63, 3.8) is 0 Å². The lowest BCUT2D eigenvalue weighted by Gasteiger charge is -2.48. The molecule has 2 fully saturated rings. The number of alkyl halides is 3. The van der Waals surface area contributed by atoms with Crippen LogP contribution in [0.2, 0.25) is 0 Å². The Labute approximate surface area is 172 Å². The largest absolute Gasteiger partial charge is 0.573 e. The Morgan fingerprint density at radius 3 is 2.17 bits per heavy atom. The molecule has 6 nitrogen and oxygen atoms in total. The Morgan fingerprint density at radius 2 is 1.57 bits per heavy atom. The van der Waals surface area contributed by atoms with Gasteiger partial charge in [0.25, 0.3) is 0 Å². The van der Waals surface area contributed by atoms with Crippen LogP contribution in [0.1, 0.15) is 0 Å². The van der Waals surface area contributed by atoms with E-state index in [0.717, 1.165) is 37.6 Å². The van der Waals surface area contributed by atoms with E-state index in [1.54, 1.807) is 17.0 Å². The van der Waals surface area contributed by atoms with Gasteiger partial charge in [-0.3, -0.25) is 4.90 Å². The SMILES string of the molecule is O=C(Nc1ccccc1)N1CC(N2CCN(c3ccc(OC(F)(F)F)cc3)CC2)C1. The van der Waals surface area contributed by atoms with E-state index in [4.69, 9.17) is 0 Å². The maximum absolute atomic E-state index is 12.3. The molecule has 0 spiro atoms. The number of hydrogen-bond donors (Lipinski definition) is 1. The average Bonchev–Trinajstić information content (AvgIpc) is 2.68. The van der Waals surface area contributed by atoms with Gasteiger partial charge in [-0.15, -0.1) is 13.2 Å². The molecule has 0 unspecified atom stereocenters. The summed E-state index contributed by atoms with van der Waals surface area (Å²) < 4.78 is 40.7. The van der Waals surface area contributed by atoms with Crippen molar-refractivity contribution in [2.45, 2.75) is 12.4 Å². The van der Waals surface area contributed by atoms with Crippen molar-refractivity contribution >= 4 is 17.4 Å². The summed E-state index contributed by atoms with van der Waals surface area (Å²) in [6.45, 7) is 4.65. The number of urea groups is 1. The Hall–Kier alpha value is -2.94. The summed E-state index contributed by atoms with van der Waals surface area (Å²) in [5.74, 6) is -0.215. The van der Waals surface area contributed by atoms with E-state index in [-0.39, 0.29) is 11.8 Å². The van der Waals surface area contributed by atoms with Gasteiger partial charge in [0.2, 0.25) is 0 Å². The fraction of sp³-hybridized carbons (Fsp3) is 0.381. The van der Waals surface area contributed by atoms with E-state index in [2.05, 4.69) is 19.9 Å². The predicted octanol–water partition coefficient (Wildman–Crippen LogP) is 3.62. The summed E-state index contributed by atoms with van der Waals surface area (Å²) in [5, 5.41) is 2.89. The second-order valence-corrected chi connectivity index (χ2v) is 7.42. The average molecular weight is 420 g/mol. The molecule has 2 aromatic carbocycles. The van der Waals surface area contributed by atoms with Crippen LogP contribution in [0.15, 0.2) is 54.6 Å². The molecule has 0 saturated carbocycles. The van der Waals surface area contributed by atoms with E-state index < -0.39 is 6.36 Å². The van der Waals surface area contributed by atoms with E-state index in [1.165, 1.54) is 12.1 Å². The number of nitrogens with zero attached hydrogens (tertiary/aromatic N) is 3. The van der Waals surface area contributed by atoms with Gasteiger partial charge in [-0.2, -0.15) is 0 Å². The number of para-hydroxylation sites is 1. The number of carbonyl (C=O) groups is 1. The highest BCUT2D eigenvalue weighted by molar-refractivity contribution is 5.89. The summed E-state index contributed by atoms with van der Waals surface area (Å²) in [7, 11) is 0. The number of hydrogen-bond acceptors (Lipinski definition) is 4. The van der Waals surface area contributed by atoms with Crippen molar-refractivity contribution in [2.24, 2.45) is 0 Å². The molecule has 2 aromatic rings. The van der Waals surface area contributed by atoms with Crippen LogP contribution in [0.5, 0.6) is 5.75 Å². The fourth-order valence-corrected chi connectivity index (χ4v) is 3.78. The van der Waals surface area contributed by atoms with Crippen LogP contribution in [0.4, 0.5) is 29.3 Å². The standard InChI is InChI=1S/C21H23F3N4O2/c22-21(23,24)30-19-8-6-17(7-9-19)26-10-12-27(13-11-26)18-14-28(15-18)20(29)25-16-4-2-1-3-5-16/h1-9,18H,10-15H2,(H,25,29). The van der Waals surface area contributed by atoms with E-state index in [0.29, 0.717) is 19.1 Å². The predicted molar refractivity (Wildman–Crippen MR) is 108 cm³/mol. The molecule has 0 bridgehead atoms. The zero-order valence-electron chi connectivity index (χ0n) is 16.3. The number of carbonyl (C=O) groups excluding carboxylic acids is 1. The third-order valence-electron chi connectivity index (χ3n) is 5.44. The minimum atomic E-state index is -4.68. The van der Waals surface area contributed by atoms with Gasteiger partial charge in [0, 0.05) is 56.7 Å². The number of benzene rings is 2. The van der Waals surface area contributed by atoms with Crippen molar-refractivity contribution in [1.29, 1.82) is 0 Å². The molecular formula is C21H23F3N4O2. The van der Waals surface area contributed by atoms with Crippen molar-refractivity contribution in [2.75, 3.05) is 49.5 Å². The molecule has 2 amide bonds. The van der Waals surface area contributed by atoms with Crippen molar-refractivity contribution < 1.29 is 22.7 Å². The highest BCUT2D eigenvalue weighted by Gasteiger charge is 2.36. The van der Waals surface area contributed by atoms with E-state index >= 15 is 0 Å². The molecule has 0 aromatic heterocycles. The van der Waals surface area contributed by atoms with Gasteiger partial charge in [-0.05, 0) is 36.4 Å². The van der Waals surface area contributed by atoms with Crippen molar-refractivity contribution in [1.82, 2.24) is 9.80 Å². The van der Waals surface area contributed by atoms with Gasteiger partial charge < -0.3 is 19.9 Å². The first-order valence-corrected chi connectivity index (χ1v) is 9.83. The lowest BCUT2D eigenvalue weighted by atomic mass is 10.1. The van der Waals surface area contributed by atoms with Gasteiger partial charge in [0.05, 0.1) is 0 Å². The third-order valence-corrected chi connectivity index (χ3v) is 5.44. The van der Waals surface area contributed by atoms with Crippen LogP contribution in [-0.4, -0.2) is 67.5 Å². The number of halogens is 3. The normalized spacial score (nSPS) is 18.1. The Bertz CT molecular complexity index is 847. The van der Waals surface area contributed by atoms with Crippen molar-refractivity contribution in [3.8, 4) is 5.75 Å². The molecule has 0 atom stereocenters. The highest BCUT2D eigenvalue weighted by Crippen LogP contribution is 2.26. The molecule has 2 aliphatic rings. The fourth-order valence-electron chi connectivity index (χ4n) is 3.78. The van der Waals surface area contributed by atoms with E-state index in [9.17, 15) is 18.0 Å². The molecule has 2 aliphatic heterocycles. The number of piperazine rings is 1. The van der Waals surface area contributed by atoms with E-state index in [1.807, 2.05) is 30.3 Å². The first-order chi connectivity index (χ1) is 14.4. The third kappa shape index (κ3) is 4.96. The van der Waals surface area contributed by atoms with Gasteiger partial charge >= 0.3 is 12.4 Å². The Kier molecular flexibility index (Phi) is 5.72. The molecule has 30 heavy (non-hydrogen) atoms. The minimum Gasteiger partial charge on any atom is -0.406 e. The monoisotopic (exact) mass is 420 g/mol. The summed E-state index contributed by atoms with van der Waals surface area (Å²) in [6.07, 6.45) is -4.68. The second kappa shape index (κ2) is 8.43. The van der Waals surface area contributed by atoms with Crippen LogP contribution >= 0.6 is 0 Å². The summed E-state index contributed by atoms with van der Waals surface area (Å²) >= 11 is 0. The van der Waals surface area contributed by atoms with Crippen LogP contribution < -0.4 is 15.0 Å². The Morgan fingerprint density at radius 1 is 0.933 bits per heavy atom. The molecule has 160 valence electrons. The quantitative estimate of drug-likeness (QED) is 0.821. The van der Waals surface area contributed by atoms with Crippen LogP contribution in [0, 0.1) is 0 Å². The summed E-state index contributed by atoms with van der Waals surface area (Å²) in [4.78, 5) is 18.6. The molecule has 9 heteroatoms. The molecule has 2 saturated heterocycles. The minimum absolute atomic E-state index is 0.0859. The molecule has 0 radical (unpaired) electrons. The van der Waals surface area contributed by atoms with Crippen LogP contribution in [-0.2, 0) is 0 Å². The number of nitrogens with one attached hydrogen (secondary N) is 1. The van der Waals surface area contributed by atoms with Crippen molar-refractivity contribution in [3.05, 3.63) is 54.6 Å². The van der Waals surface area contributed by atoms with Gasteiger partial charge in [-0.1, -0.05) is 18.2 Å². The molecule has 4 rings (SSSR count). The molecule has 2 heterocycles. The molecule has 0 aliphatic carbocycles. The summed E-state index contributed by atoms with van der Waals surface area (Å²) in [5.41, 5.74) is 1.66. The van der Waals surface area contributed by atoms with Crippen LogP contribution in [0.3, 0.4) is 0 Å². The maximum Gasteiger partial charge on any atom is 0.573 e. The lowest BCUT2D eigenvalue weighted by Crippen LogP contribution is -2.64. The molecule has 1 N–H and O–H groups in total. The maximum atomic E-state index is 12.3. The molecular weight excluding hydrogens is 397 g/mol. The van der Waals surface area contributed by atoms with Gasteiger partial charge in [0.1, 0.15) is 5.75 Å². The van der Waals surface area contributed by atoms with Crippen LogP contribution in [0.25, 0.3) is 0 Å². The summed E-state index contributed by atoms with van der Waals surface area (Å²) in [6, 6.07) is 15.6. The number of rotatable bonds is 4. The second-order valence-electron chi connectivity index (χ2n) is 7.42. The first-order valence-electron chi connectivity index (χ1n) is 9.83. The zero-order chi connectivity index (χ0) is 21.1. The topological polar surface area (TPSA) is 48.1 Å². The Balaban J connectivity index is 1.21.